The van der Waals surface area contributed by atoms with E-state index in [0.717, 1.165) is 0 Å². The standard InChI is InChI=1S/C19H10Cl4N2O2/c20-13-6-4-11(9-15(13)22)18(26)24-17-3-1-2-8-25(17)19(27)12-5-7-14(21)16(23)10-12/h1-10H. The molecule has 8 heteroatoms. The van der Waals surface area contributed by atoms with Gasteiger partial charge < -0.3 is 0 Å². The second kappa shape index (κ2) is 8.28. The van der Waals surface area contributed by atoms with Crippen LogP contribution in [0, 0.1) is 0 Å². The lowest BCUT2D eigenvalue weighted by Gasteiger charge is -2.07. The average molecular weight is 440 g/mol. The molecular formula is C19H10Cl4N2O2. The van der Waals surface area contributed by atoms with E-state index in [-0.39, 0.29) is 21.1 Å². The molecule has 0 radical (unpaired) electrons. The molecule has 4 nitrogen and oxygen atoms in total. The van der Waals surface area contributed by atoms with E-state index in [0.29, 0.717) is 15.6 Å². The summed E-state index contributed by atoms with van der Waals surface area (Å²) in [5.74, 6) is -0.967. The van der Waals surface area contributed by atoms with E-state index in [9.17, 15) is 9.59 Å². The quantitative estimate of drug-likeness (QED) is 0.526. The molecule has 1 amide bonds. The minimum absolute atomic E-state index is 0.157. The maximum Gasteiger partial charge on any atom is 0.279 e. The van der Waals surface area contributed by atoms with Gasteiger partial charge in [-0.1, -0.05) is 52.5 Å². The molecule has 0 aliphatic heterocycles. The lowest BCUT2D eigenvalue weighted by Crippen LogP contribution is -2.28. The van der Waals surface area contributed by atoms with E-state index < -0.39 is 11.8 Å². The molecule has 136 valence electrons. The van der Waals surface area contributed by atoms with E-state index >= 15 is 0 Å². The Bertz CT molecular complexity index is 1120. The second-order valence-corrected chi connectivity index (χ2v) is 7.04. The van der Waals surface area contributed by atoms with Crippen molar-refractivity contribution in [2.24, 2.45) is 4.99 Å². The third kappa shape index (κ3) is 4.42. The van der Waals surface area contributed by atoms with E-state index in [1.807, 2.05) is 0 Å². The Kier molecular flexibility index (Phi) is 6.02. The van der Waals surface area contributed by atoms with Crippen LogP contribution in [0.1, 0.15) is 20.7 Å². The van der Waals surface area contributed by atoms with Gasteiger partial charge in [0.2, 0.25) is 0 Å². The Morgan fingerprint density at radius 3 is 1.96 bits per heavy atom. The monoisotopic (exact) mass is 438 g/mol. The summed E-state index contributed by atoms with van der Waals surface area (Å²) in [6.45, 7) is 0. The van der Waals surface area contributed by atoms with Crippen LogP contribution in [0.2, 0.25) is 20.1 Å². The summed E-state index contributed by atoms with van der Waals surface area (Å²) >= 11 is 23.7. The van der Waals surface area contributed by atoms with Gasteiger partial charge in [0.25, 0.3) is 11.8 Å². The smallest absolute Gasteiger partial charge is 0.268 e. The SMILES string of the molecule is O=C(N=c1ccccn1C(=O)c1ccc(Cl)c(Cl)c1)c1ccc(Cl)c(Cl)c1. The number of carbonyl (C=O) groups excluding carboxylic acids is 2. The van der Waals surface area contributed by atoms with E-state index in [2.05, 4.69) is 4.99 Å². The van der Waals surface area contributed by atoms with Gasteiger partial charge in [-0.3, -0.25) is 14.2 Å². The van der Waals surface area contributed by atoms with Crippen LogP contribution >= 0.6 is 46.4 Å². The molecule has 1 aromatic heterocycles. The number of rotatable bonds is 2. The van der Waals surface area contributed by atoms with Crippen molar-refractivity contribution in [1.29, 1.82) is 0 Å². The van der Waals surface area contributed by atoms with Crippen molar-refractivity contribution in [3.8, 4) is 0 Å². The molecule has 0 N–H and O–H groups in total. The number of halogens is 4. The molecule has 0 saturated heterocycles. The fourth-order valence-corrected chi connectivity index (χ4v) is 2.86. The van der Waals surface area contributed by atoms with Gasteiger partial charge in [-0.2, -0.15) is 4.99 Å². The zero-order valence-corrected chi connectivity index (χ0v) is 16.5. The maximum atomic E-state index is 12.8. The van der Waals surface area contributed by atoms with Crippen molar-refractivity contribution < 1.29 is 9.59 Å². The normalized spacial score (nSPS) is 11.5. The van der Waals surface area contributed by atoms with Gasteiger partial charge in [-0.25, -0.2) is 0 Å². The number of nitrogens with zero attached hydrogens (tertiary/aromatic N) is 2. The highest BCUT2D eigenvalue weighted by Crippen LogP contribution is 2.23. The summed E-state index contributed by atoms with van der Waals surface area (Å²) in [5, 5.41) is 1.17. The average Bonchev–Trinajstić information content (AvgIpc) is 2.66. The minimum atomic E-state index is -0.560. The van der Waals surface area contributed by atoms with Gasteiger partial charge >= 0.3 is 0 Å². The number of benzene rings is 2. The number of aromatic nitrogens is 1. The molecular weight excluding hydrogens is 430 g/mol. The lowest BCUT2D eigenvalue weighted by molar-refractivity contribution is 0.0953. The van der Waals surface area contributed by atoms with Gasteiger partial charge in [0.1, 0.15) is 5.49 Å². The van der Waals surface area contributed by atoms with Crippen molar-refractivity contribution in [1.82, 2.24) is 4.57 Å². The highest BCUT2D eigenvalue weighted by molar-refractivity contribution is 6.42. The summed E-state index contributed by atoms with van der Waals surface area (Å²) in [7, 11) is 0. The van der Waals surface area contributed by atoms with Crippen molar-refractivity contribution in [3.05, 3.63) is 97.5 Å². The Morgan fingerprint density at radius 1 is 0.741 bits per heavy atom. The molecule has 3 aromatic rings. The maximum absolute atomic E-state index is 12.8. The van der Waals surface area contributed by atoms with Gasteiger partial charge in [0.15, 0.2) is 0 Å². The molecule has 3 rings (SSSR count). The molecule has 1 heterocycles. The molecule has 0 aliphatic rings. The highest BCUT2D eigenvalue weighted by Gasteiger charge is 2.12. The lowest BCUT2D eigenvalue weighted by atomic mass is 10.2. The first-order chi connectivity index (χ1) is 12.9. The molecule has 0 fully saturated rings. The topological polar surface area (TPSA) is 51.4 Å². The van der Waals surface area contributed by atoms with Crippen molar-refractivity contribution in [2.45, 2.75) is 0 Å². The molecule has 0 saturated carbocycles. The van der Waals surface area contributed by atoms with E-state index in [1.165, 1.54) is 41.1 Å². The molecule has 0 spiro atoms. The summed E-state index contributed by atoms with van der Waals surface area (Å²) in [4.78, 5) is 29.3. The minimum Gasteiger partial charge on any atom is -0.268 e. The zero-order valence-electron chi connectivity index (χ0n) is 13.5. The molecule has 0 unspecified atom stereocenters. The molecule has 27 heavy (non-hydrogen) atoms. The Hall–Kier alpha value is -2.11. The second-order valence-electron chi connectivity index (χ2n) is 5.41. The predicted molar refractivity (Wildman–Crippen MR) is 107 cm³/mol. The van der Waals surface area contributed by atoms with Crippen LogP contribution in [0.25, 0.3) is 0 Å². The van der Waals surface area contributed by atoms with Gasteiger partial charge in [0.05, 0.1) is 20.1 Å². The van der Waals surface area contributed by atoms with Crippen LogP contribution in [0.4, 0.5) is 0 Å². The molecule has 2 aromatic carbocycles. The van der Waals surface area contributed by atoms with Crippen LogP contribution in [0.15, 0.2) is 65.8 Å². The third-order valence-corrected chi connectivity index (χ3v) is 5.08. The largest absolute Gasteiger partial charge is 0.279 e. The highest BCUT2D eigenvalue weighted by atomic mass is 35.5. The predicted octanol–water partition coefficient (Wildman–Crippen LogP) is 5.53. The van der Waals surface area contributed by atoms with Crippen molar-refractivity contribution in [3.63, 3.8) is 0 Å². The third-order valence-electron chi connectivity index (χ3n) is 3.61. The Balaban J connectivity index is 2.03. The molecule has 0 bridgehead atoms. The molecule has 0 aliphatic carbocycles. The number of hydrogen-bond acceptors (Lipinski definition) is 2. The van der Waals surface area contributed by atoms with Gasteiger partial charge in [0, 0.05) is 17.3 Å². The fourth-order valence-electron chi connectivity index (χ4n) is 2.26. The first-order valence-corrected chi connectivity index (χ1v) is 9.09. The number of carbonyl (C=O) groups is 2. The van der Waals surface area contributed by atoms with Crippen LogP contribution in [0.3, 0.4) is 0 Å². The van der Waals surface area contributed by atoms with Crippen molar-refractivity contribution in [2.75, 3.05) is 0 Å². The number of hydrogen-bond donors (Lipinski definition) is 0. The summed E-state index contributed by atoms with van der Waals surface area (Å²) in [6.07, 6.45) is 1.51. The van der Waals surface area contributed by atoms with Gasteiger partial charge in [-0.15, -0.1) is 0 Å². The summed E-state index contributed by atoms with van der Waals surface area (Å²) in [5.41, 5.74) is 0.713. The Labute approximate surface area is 174 Å². The Morgan fingerprint density at radius 2 is 1.33 bits per heavy atom. The van der Waals surface area contributed by atoms with Gasteiger partial charge in [-0.05, 0) is 48.5 Å². The number of pyridine rings is 1. The first-order valence-electron chi connectivity index (χ1n) is 7.58. The van der Waals surface area contributed by atoms with Crippen molar-refractivity contribution >= 4 is 58.2 Å². The molecule has 0 atom stereocenters. The number of amides is 1. The summed E-state index contributed by atoms with van der Waals surface area (Å²) < 4.78 is 1.25. The van der Waals surface area contributed by atoms with E-state index in [1.54, 1.807) is 24.3 Å². The van der Waals surface area contributed by atoms with E-state index in [4.69, 9.17) is 46.4 Å². The first kappa shape index (κ1) is 19.6. The van der Waals surface area contributed by atoms with Crippen LogP contribution in [-0.2, 0) is 0 Å². The summed E-state index contributed by atoms with van der Waals surface area (Å²) in [6, 6.07) is 13.8. The fraction of sp³-hybridized carbons (Fsp3) is 0. The zero-order chi connectivity index (χ0) is 19.6. The van der Waals surface area contributed by atoms with Crippen LogP contribution < -0.4 is 5.49 Å². The van der Waals surface area contributed by atoms with Crippen LogP contribution in [0.5, 0.6) is 0 Å². The van der Waals surface area contributed by atoms with Crippen LogP contribution in [-0.4, -0.2) is 16.4 Å².